The maximum absolute atomic E-state index is 11.7. The third-order valence-corrected chi connectivity index (χ3v) is 2.93. The van der Waals surface area contributed by atoms with Crippen LogP contribution < -0.4 is 10.6 Å². The number of nitrogens with one attached hydrogen (secondary N) is 2. The second kappa shape index (κ2) is 7.41. The number of aliphatic carboxylic acids is 1. The van der Waals surface area contributed by atoms with Crippen LogP contribution in [-0.4, -0.2) is 23.7 Å². The van der Waals surface area contributed by atoms with Crippen LogP contribution >= 0.6 is 0 Å². The molecule has 0 aromatic heterocycles. The first-order valence-electron chi connectivity index (χ1n) is 6.40. The molecule has 0 bridgehead atoms. The number of para-hydroxylation sites is 1. The number of carbonyl (C=O) groups excluding carboxylic acids is 1. The van der Waals surface area contributed by atoms with E-state index in [-0.39, 0.29) is 6.03 Å². The molecule has 0 saturated carbocycles. The van der Waals surface area contributed by atoms with E-state index in [9.17, 15) is 9.59 Å². The molecule has 0 aliphatic heterocycles. The van der Waals surface area contributed by atoms with Crippen molar-refractivity contribution in [2.75, 3.05) is 11.9 Å². The molecule has 1 aromatic rings. The molecule has 1 unspecified atom stereocenters. The van der Waals surface area contributed by atoms with Crippen molar-refractivity contribution in [3.63, 3.8) is 0 Å². The molecule has 5 heteroatoms. The van der Waals surface area contributed by atoms with Crippen LogP contribution in [0.15, 0.2) is 24.3 Å². The Hall–Kier alpha value is -2.04. The van der Waals surface area contributed by atoms with Gasteiger partial charge in [0.05, 0.1) is 5.92 Å². The molecule has 1 rings (SSSR count). The van der Waals surface area contributed by atoms with E-state index in [0.717, 1.165) is 17.7 Å². The van der Waals surface area contributed by atoms with Gasteiger partial charge in [-0.3, -0.25) is 4.79 Å². The Morgan fingerprint density at radius 2 is 2.00 bits per heavy atom. The molecule has 0 saturated heterocycles. The number of amides is 2. The molecular formula is C14H20N2O3. The quantitative estimate of drug-likeness (QED) is 0.738. The Morgan fingerprint density at radius 1 is 1.32 bits per heavy atom. The van der Waals surface area contributed by atoms with Crippen molar-refractivity contribution in [2.45, 2.75) is 26.7 Å². The van der Waals surface area contributed by atoms with Crippen molar-refractivity contribution in [2.24, 2.45) is 5.92 Å². The Morgan fingerprint density at radius 3 is 2.63 bits per heavy atom. The molecule has 5 nitrogen and oxygen atoms in total. The summed E-state index contributed by atoms with van der Waals surface area (Å²) in [6, 6.07) is 7.29. The summed E-state index contributed by atoms with van der Waals surface area (Å²) in [7, 11) is 0. The van der Waals surface area contributed by atoms with E-state index < -0.39 is 11.9 Å². The van der Waals surface area contributed by atoms with Gasteiger partial charge in [0, 0.05) is 12.2 Å². The lowest BCUT2D eigenvalue weighted by Crippen LogP contribution is -2.31. The van der Waals surface area contributed by atoms with E-state index in [4.69, 9.17) is 5.11 Å². The van der Waals surface area contributed by atoms with Crippen LogP contribution in [0.4, 0.5) is 10.5 Å². The van der Waals surface area contributed by atoms with Crippen molar-refractivity contribution in [1.29, 1.82) is 0 Å². The van der Waals surface area contributed by atoms with Crippen molar-refractivity contribution in [3.05, 3.63) is 29.8 Å². The monoisotopic (exact) mass is 264 g/mol. The van der Waals surface area contributed by atoms with Gasteiger partial charge < -0.3 is 15.7 Å². The summed E-state index contributed by atoms with van der Waals surface area (Å²) >= 11 is 0. The van der Waals surface area contributed by atoms with Gasteiger partial charge in [0.1, 0.15) is 0 Å². The Kier molecular flexibility index (Phi) is 5.85. The number of rotatable bonds is 6. The maximum atomic E-state index is 11.7. The molecule has 0 spiro atoms. The van der Waals surface area contributed by atoms with Gasteiger partial charge in [-0.25, -0.2) is 4.79 Å². The molecule has 19 heavy (non-hydrogen) atoms. The summed E-state index contributed by atoms with van der Waals surface area (Å²) in [5.41, 5.74) is 1.85. The Bertz CT molecular complexity index is 446. The minimum absolute atomic E-state index is 0.307. The van der Waals surface area contributed by atoms with Gasteiger partial charge in [-0.05, 0) is 24.5 Å². The zero-order valence-electron chi connectivity index (χ0n) is 11.3. The van der Waals surface area contributed by atoms with Crippen molar-refractivity contribution >= 4 is 17.7 Å². The van der Waals surface area contributed by atoms with E-state index in [1.165, 1.54) is 0 Å². The van der Waals surface area contributed by atoms with Gasteiger partial charge in [0.2, 0.25) is 0 Å². The predicted octanol–water partition coefficient (Wildman–Crippen LogP) is 2.48. The third kappa shape index (κ3) is 4.99. The molecule has 0 radical (unpaired) electrons. The fourth-order valence-corrected chi connectivity index (χ4v) is 1.64. The van der Waals surface area contributed by atoms with Crippen molar-refractivity contribution < 1.29 is 14.7 Å². The molecular weight excluding hydrogens is 244 g/mol. The molecule has 0 fully saturated rings. The van der Waals surface area contributed by atoms with Gasteiger partial charge in [-0.1, -0.05) is 32.0 Å². The first-order chi connectivity index (χ1) is 9.04. The summed E-state index contributed by atoms with van der Waals surface area (Å²) in [6.07, 6.45) is 1.25. The van der Waals surface area contributed by atoms with Gasteiger partial charge in [0.15, 0.2) is 0 Å². The Balaban J connectivity index is 2.41. The SMILES string of the molecule is CCc1ccccc1NC(=O)NCCC(C)C(=O)O. The Labute approximate surface area is 113 Å². The van der Waals surface area contributed by atoms with E-state index in [1.54, 1.807) is 6.92 Å². The van der Waals surface area contributed by atoms with Crippen LogP contribution in [0.2, 0.25) is 0 Å². The summed E-state index contributed by atoms with van der Waals surface area (Å²) in [4.78, 5) is 22.3. The first-order valence-corrected chi connectivity index (χ1v) is 6.40. The van der Waals surface area contributed by atoms with E-state index in [0.29, 0.717) is 13.0 Å². The normalized spacial score (nSPS) is 11.7. The predicted molar refractivity (Wildman–Crippen MR) is 74.3 cm³/mol. The summed E-state index contributed by atoms with van der Waals surface area (Å²) in [6.45, 7) is 3.98. The average molecular weight is 264 g/mol. The zero-order valence-corrected chi connectivity index (χ0v) is 11.3. The molecule has 2 amide bonds. The van der Waals surface area contributed by atoms with Crippen LogP contribution in [-0.2, 0) is 11.2 Å². The summed E-state index contributed by atoms with van der Waals surface area (Å²) in [5, 5.41) is 14.1. The minimum Gasteiger partial charge on any atom is -0.481 e. The highest BCUT2D eigenvalue weighted by Gasteiger charge is 2.11. The van der Waals surface area contributed by atoms with E-state index >= 15 is 0 Å². The highest BCUT2D eigenvalue weighted by molar-refractivity contribution is 5.90. The number of hydrogen-bond acceptors (Lipinski definition) is 2. The van der Waals surface area contributed by atoms with E-state index in [2.05, 4.69) is 10.6 Å². The molecule has 3 N–H and O–H groups in total. The van der Waals surface area contributed by atoms with Crippen LogP contribution in [0.25, 0.3) is 0 Å². The van der Waals surface area contributed by atoms with Crippen molar-refractivity contribution in [3.8, 4) is 0 Å². The number of hydrogen-bond donors (Lipinski definition) is 3. The first kappa shape index (κ1) is 15.0. The lowest BCUT2D eigenvalue weighted by atomic mass is 10.1. The molecule has 104 valence electrons. The zero-order chi connectivity index (χ0) is 14.3. The highest BCUT2D eigenvalue weighted by atomic mass is 16.4. The van der Waals surface area contributed by atoms with Gasteiger partial charge >= 0.3 is 12.0 Å². The number of urea groups is 1. The number of aryl methyl sites for hydroxylation is 1. The molecule has 0 aliphatic carbocycles. The molecule has 0 aliphatic rings. The lowest BCUT2D eigenvalue weighted by Gasteiger charge is -2.11. The second-order valence-corrected chi connectivity index (χ2v) is 4.42. The molecule has 1 atom stereocenters. The second-order valence-electron chi connectivity index (χ2n) is 4.42. The average Bonchev–Trinajstić information content (AvgIpc) is 2.39. The van der Waals surface area contributed by atoms with Crippen LogP contribution in [0, 0.1) is 5.92 Å². The number of benzene rings is 1. The number of carboxylic acid groups (broad SMARTS) is 1. The van der Waals surface area contributed by atoms with Crippen LogP contribution in [0.1, 0.15) is 25.8 Å². The minimum atomic E-state index is -0.849. The fourth-order valence-electron chi connectivity index (χ4n) is 1.64. The number of anilines is 1. The summed E-state index contributed by atoms with van der Waals surface area (Å²) in [5.74, 6) is -1.30. The van der Waals surface area contributed by atoms with Gasteiger partial charge in [0.25, 0.3) is 0 Å². The van der Waals surface area contributed by atoms with Crippen LogP contribution in [0.3, 0.4) is 0 Å². The van der Waals surface area contributed by atoms with Crippen LogP contribution in [0.5, 0.6) is 0 Å². The number of carbonyl (C=O) groups is 2. The lowest BCUT2D eigenvalue weighted by molar-refractivity contribution is -0.141. The molecule has 1 aromatic carbocycles. The highest BCUT2D eigenvalue weighted by Crippen LogP contribution is 2.14. The van der Waals surface area contributed by atoms with Crippen molar-refractivity contribution in [1.82, 2.24) is 5.32 Å². The maximum Gasteiger partial charge on any atom is 0.319 e. The van der Waals surface area contributed by atoms with Gasteiger partial charge in [-0.2, -0.15) is 0 Å². The largest absolute Gasteiger partial charge is 0.481 e. The molecule has 0 heterocycles. The van der Waals surface area contributed by atoms with E-state index in [1.807, 2.05) is 31.2 Å². The topological polar surface area (TPSA) is 78.4 Å². The fraction of sp³-hybridized carbons (Fsp3) is 0.429. The third-order valence-electron chi connectivity index (χ3n) is 2.93. The standard InChI is InChI=1S/C14H20N2O3/c1-3-11-6-4-5-7-12(11)16-14(19)15-9-8-10(2)13(17)18/h4-7,10H,3,8-9H2,1-2H3,(H,17,18)(H2,15,16,19). The number of carboxylic acids is 1. The smallest absolute Gasteiger partial charge is 0.319 e. The summed E-state index contributed by atoms with van der Waals surface area (Å²) < 4.78 is 0. The van der Waals surface area contributed by atoms with Gasteiger partial charge in [-0.15, -0.1) is 0 Å².